The molecule has 0 unspecified atom stereocenters. The number of hydrogen-bond donors (Lipinski definition) is 2. The number of rotatable bonds is 6. The maximum atomic E-state index is 12.9. The Kier molecular flexibility index (Phi) is 5.81. The van der Waals surface area contributed by atoms with Crippen molar-refractivity contribution in [3.8, 4) is 0 Å². The Balaban J connectivity index is 1.40. The minimum absolute atomic E-state index is 0.00276. The molecule has 1 fully saturated rings. The zero-order chi connectivity index (χ0) is 20.2. The predicted octanol–water partition coefficient (Wildman–Crippen LogP) is 2.99. The van der Waals surface area contributed by atoms with Gasteiger partial charge in [-0.1, -0.05) is 30.3 Å². The van der Waals surface area contributed by atoms with Crippen LogP contribution in [0, 0.1) is 0 Å². The summed E-state index contributed by atoms with van der Waals surface area (Å²) in [7, 11) is 0. The van der Waals surface area contributed by atoms with Gasteiger partial charge in [0.2, 0.25) is 5.91 Å². The molecule has 1 saturated heterocycles. The summed E-state index contributed by atoms with van der Waals surface area (Å²) >= 11 is 0. The van der Waals surface area contributed by atoms with Crippen molar-refractivity contribution in [1.82, 2.24) is 5.32 Å². The molecule has 152 valence electrons. The van der Waals surface area contributed by atoms with Crippen LogP contribution in [0.25, 0.3) is 0 Å². The SMILES string of the molecule is C[C@H]1Cc2ccccc2N1C(=O)CNc1ccccc1C(=O)NC[C@H]1CCCO1. The molecule has 0 radical (unpaired) electrons. The summed E-state index contributed by atoms with van der Waals surface area (Å²) in [5.41, 5.74) is 3.37. The molecule has 2 amide bonds. The molecule has 0 aliphatic carbocycles. The van der Waals surface area contributed by atoms with E-state index in [9.17, 15) is 9.59 Å². The molecule has 2 N–H and O–H groups in total. The summed E-state index contributed by atoms with van der Waals surface area (Å²) in [5, 5.41) is 6.11. The first-order valence-electron chi connectivity index (χ1n) is 10.3. The van der Waals surface area contributed by atoms with E-state index in [1.54, 1.807) is 6.07 Å². The Morgan fingerprint density at radius 1 is 1.14 bits per heavy atom. The van der Waals surface area contributed by atoms with E-state index in [0.29, 0.717) is 17.8 Å². The molecule has 0 saturated carbocycles. The number of anilines is 2. The lowest BCUT2D eigenvalue weighted by Gasteiger charge is -2.23. The van der Waals surface area contributed by atoms with Crippen LogP contribution >= 0.6 is 0 Å². The fraction of sp³-hybridized carbons (Fsp3) is 0.391. The van der Waals surface area contributed by atoms with Crippen molar-refractivity contribution < 1.29 is 14.3 Å². The van der Waals surface area contributed by atoms with Crippen molar-refractivity contribution in [2.75, 3.05) is 29.9 Å². The minimum atomic E-state index is -0.157. The van der Waals surface area contributed by atoms with Gasteiger partial charge in [0.05, 0.1) is 18.2 Å². The number of fused-ring (bicyclic) bond motifs is 1. The normalized spacial score (nSPS) is 20.4. The molecule has 0 spiro atoms. The van der Waals surface area contributed by atoms with Gasteiger partial charge in [0.15, 0.2) is 0 Å². The van der Waals surface area contributed by atoms with Gasteiger partial charge in [0.1, 0.15) is 0 Å². The van der Waals surface area contributed by atoms with Gasteiger partial charge >= 0.3 is 0 Å². The zero-order valence-corrected chi connectivity index (χ0v) is 16.7. The molecule has 0 bridgehead atoms. The van der Waals surface area contributed by atoms with Crippen LogP contribution in [0.3, 0.4) is 0 Å². The highest BCUT2D eigenvalue weighted by molar-refractivity contribution is 6.02. The molecule has 2 aliphatic heterocycles. The van der Waals surface area contributed by atoms with Crippen LogP contribution in [0.2, 0.25) is 0 Å². The van der Waals surface area contributed by atoms with Crippen LogP contribution in [-0.4, -0.2) is 43.7 Å². The van der Waals surface area contributed by atoms with E-state index >= 15 is 0 Å². The van der Waals surface area contributed by atoms with Gasteiger partial charge in [-0.05, 0) is 49.9 Å². The Bertz CT molecular complexity index is 892. The largest absolute Gasteiger partial charge is 0.376 e. The fourth-order valence-electron chi connectivity index (χ4n) is 4.14. The van der Waals surface area contributed by atoms with E-state index in [2.05, 4.69) is 23.6 Å². The average molecular weight is 393 g/mol. The zero-order valence-electron chi connectivity index (χ0n) is 16.7. The van der Waals surface area contributed by atoms with Crippen LogP contribution in [-0.2, 0) is 16.0 Å². The third kappa shape index (κ3) is 4.27. The van der Waals surface area contributed by atoms with Crippen LogP contribution in [0.4, 0.5) is 11.4 Å². The number of benzene rings is 2. The lowest BCUT2D eigenvalue weighted by atomic mass is 10.1. The number of amides is 2. The summed E-state index contributed by atoms with van der Waals surface area (Å²) in [6.07, 6.45) is 2.98. The molecule has 2 aromatic rings. The topological polar surface area (TPSA) is 70.7 Å². The number of hydrogen-bond acceptors (Lipinski definition) is 4. The van der Waals surface area contributed by atoms with E-state index in [1.807, 2.05) is 41.3 Å². The van der Waals surface area contributed by atoms with Crippen molar-refractivity contribution in [3.63, 3.8) is 0 Å². The monoisotopic (exact) mass is 393 g/mol. The van der Waals surface area contributed by atoms with Crippen molar-refractivity contribution in [3.05, 3.63) is 59.7 Å². The highest BCUT2D eigenvalue weighted by Gasteiger charge is 2.30. The summed E-state index contributed by atoms with van der Waals surface area (Å²) in [6, 6.07) is 15.4. The van der Waals surface area contributed by atoms with Gasteiger partial charge in [-0.3, -0.25) is 9.59 Å². The highest BCUT2D eigenvalue weighted by Crippen LogP contribution is 2.31. The van der Waals surface area contributed by atoms with Crippen molar-refractivity contribution in [2.24, 2.45) is 0 Å². The second-order valence-electron chi connectivity index (χ2n) is 7.69. The van der Waals surface area contributed by atoms with E-state index in [-0.39, 0.29) is 30.5 Å². The van der Waals surface area contributed by atoms with Gasteiger partial charge in [-0.2, -0.15) is 0 Å². The highest BCUT2D eigenvalue weighted by atomic mass is 16.5. The molecule has 2 heterocycles. The molecule has 2 aliphatic rings. The van der Waals surface area contributed by atoms with Crippen molar-refractivity contribution in [2.45, 2.75) is 38.3 Å². The molecule has 0 aromatic heterocycles. The van der Waals surface area contributed by atoms with Gasteiger partial charge < -0.3 is 20.3 Å². The number of carbonyl (C=O) groups is 2. The van der Waals surface area contributed by atoms with Crippen molar-refractivity contribution >= 4 is 23.2 Å². The van der Waals surface area contributed by atoms with E-state index in [0.717, 1.165) is 31.6 Å². The first kappa shape index (κ1) is 19.5. The number of nitrogens with one attached hydrogen (secondary N) is 2. The number of carbonyl (C=O) groups excluding carboxylic acids is 2. The van der Waals surface area contributed by atoms with Gasteiger partial charge in [-0.25, -0.2) is 0 Å². The van der Waals surface area contributed by atoms with Crippen LogP contribution in [0.5, 0.6) is 0 Å². The first-order valence-corrected chi connectivity index (χ1v) is 10.3. The third-order valence-corrected chi connectivity index (χ3v) is 5.59. The Morgan fingerprint density at radius 3 is 2.76 bits per heavy atom. The lowest BCUT2D eigenvalue weighted by molar-refractivity contribution is -0.117. The second-order valence-corrected chi connectivity index (χ2v) is 7.69. The average Bonchev–Trinajstić information content (AvgIpc) is 3.37. The molecule has 6 nitrogen and oxygen atoms in total. The summed E-state index contributed by atoms with van der Waals surface area (Å²) in [5.74, 6) is -0.159. The second kappa shape index (κ2) is 8.66. The van der Waals surface area contributed by atoms with E-state index in [1.165, 1.54) is 5.56 Å². The molecular formula is C23H27N3O3. The van der Waals surface area contributed by atoms with Crippen LogP contribution in [0.1, 0.15) is 35.7 Å². The molecule has 2 aromatic carbocycles. The lowest BCUT2D eigenvalue weighted by Crippen LogP contribution is -2.39. The van der Waals surface area contributed by atoms with E-state index in [4.69, 9.17) is 4.74 Å². The van der Waals surface area contributed by atoms with Crippen molar-refractivity contribution in [1.29, 1.82) is 0 Å². The maximum Gasteiger partial charge on any atom is 0.253 e. The first-order chi connectivity index (χ1) is 14.1. The fourth-order valence-corrected chi connectivity index (χ4v) is 4.14. The Hall–Kier alpha value is -2.86. The number of nitrogens with zero attached hydrogens (tertiary/aromatic N) is 1. The van der Waals surface area contributed by atoms with E-state index < -0.39 is 0 Å². The van der Waals surface area contributed by atoms with Crippen LogP contribution < -0.4 is 15.5 Å². The number of para-hydroxylation sites is 2. The third-order valence-electron chi connectivity index (χ3n) is 5.59. The smallest absolute Gasteiger partial charge is 0.253 e. The van der Waals surface area contributed by atoms with Crippen LogP contribution in [0.15, 0.2) is 48.5 Å². The molecular weight excluding hydrogens is 366 g/mol. The Labute approximate surface area is 171 Å². The molecule has 6 heteroatoms. The molecule has 4 rings (SSSR count). The standard InChI is InChI=1S/C23H27N3O3/c1-16-13-17-7-2-5-11-21(17)26(16)22(27)15-24-20-10-4-3-9-19(20)23(28)25-14-18-8-6-12-29-18/h2-5,7,9-11,16,18,24H,6,8,12-15H2,1H3,(H,25,28)/t16-,18+/m0/s1. The summed E-state index contributed by atoms with van der Waals surface area (Å²) in [6.45, 7) is 3.46. The van der Waals surface area contributed by atoms with Gasteiger partial charge in [0.25, 0.3) is 5.91 Å². The van der Waals surface area contributed by atoms with Gasteiger partial charge in [-0.15, -0.1) is 0 Å². The molecule has 2 atom stereocenters. The summed E-state index contributed by atoms with van der Waals surface area (Å²) in [4.78, 5) is 27.4. The maximum absolute atomic E-state index is 12.9. The number of ether oxygens (including phenoxy) is 1. The minimum Gasteiger partial charge on any atom is -0.376 e. The predicted molar refractivity (Wildman–Crippen MR) is 113 cm³/mol. The summed E-state index contributed by atoms with van der Waals surface area (Å²) < 4.78 is 5.56. The quantitative estimate of drug-likeness (QED) is 0.792. The molecule has 29 heavy (non-hydrogen) atoms. The van der Waals surface area contributed by atoms with Gasteiger partial charge in [0, 0.05) is 30.6 Å². The Morgan fingerprint density at radius 2 is 1.93 bits per heavy atom.